The number of alkyl halides is 3. The molecule has 0 bridgehead atoms. The van der Waals surface area contributed by atoms with Crippen molar-refractivity contribution in [1.82, 2.24) is 15.3 Å². The quantitative estimate of drug-likeness (QED) is 0.740. The molecule has 3 aromatic rings. The second kappa shape index (κ2) is 7.57. The van der Waals surface area contributed by atoms with Gasteiger partial charge in [0.15, 0.2) is 11.5 Å². The Balaban J connectivity index is 1.87. The first kappa shape index (κ1) is 18.6. The lowest BCUT2D eigenvalue weighted by atomic mass is 10.1. The smallest absolute Gasteiger partial charge is 0.348 e. The minimum absolute atomic E-state index is 0.0852. The summed E-state index contributed by atoms with van der Waals surface area (Å²) in [6.07, 6.45) is -3.86. The zero-order valence-corrected chi connectivity index (χ0v) is 14.4. The van der Waals surface area contributed by atoms with Gasteiger partial charge in [-0.05, 0) is 12.5 Å². The third-order valence-corrected chi connectivity index (χ3v) is 3.91. The number of aromatic nitrogens is 2. The number of carbonyl (C=O) groups excluding carboxylic acids is 1. The molecule has 0 saturated heterocycles. The second-order valence-corrected chi connectivity index (χ2v) is 5.99. The van der Waals surface area contributed by atoms with Crippen molar-refractivity contribution in [2.75, 3.05) is 0 Å². The van der Waals surface area contributed by atoms with Gasteiger partial charge in [-0.15, -0.1) is 0 Å². The van der Waals surface area contributed by atoms with Crippen LogP contribution in [0.2, 0.25) is 0 Å². The van der Waals surface area contributed by atoms with Crippen molar-refractivity contribution < 1.29 is 18.0 Å². The molecule has 4 nitrogen and oxygen atoms in total. The first-order valence-corrected chi connectivity index (χ1v) is 8.18. The summed E-state index contributed by atoms with van der Waals surface area (Å²) in [5, 5.41) is 2.49. The van der Waals surface area contributed by atoms with Gasteiger partial charge in [-0.1, -0.05) is 60.2 Å². The molecule has 1 amide bonds. The predicted molar refractivity (Wildman–Crippen MR) is 94.8 cm³/mol. The van der Waals surface area contributed by atoms with Crippen LogP contribution in [0.1, 0.15) is 27.2 Å². The Morgan fingerprint density at radius 1 is 1.04 bits per heavy atom. The molecule has 0 fully saturated rings. The Morgan fingerprint density at radius 2 is 1.70 bits per heavy atom. The van der Waals surface area contributed by atoms with Crippen LogP contribution in [-0.2, 0) is 12.7 Å². The first-order valence-electron chi connectivity index (χ1n) is 8.18. The van der Waals surface area contributed by atoms with Crippen molar-refractivity contribution in [3.8, 4) is 11.4 Å². The molecule has 0 unspecified atom stereocenters. The van der Waals surface area contributed by atoms with Crippen molar-refractivity contribution in [2.45, 2.75) is 19.6 Å². The number of amides is 1. The van der Waals surface area contributed by atoms with E-state index >= 15 is 0 Å². The number of halogens is 3. The third-order valence-electron chi connectivity index (χ3n) is 3.91. The SMILES string of the molecule is Cc1ccc(CNC(=O)c2cnc(-c3ccccc3)nc2C(F)(F)F)cc1. The van der Waals surface area contributed by atoms with Gasteiger partial charge < -0.3 is 5.32 Å². The number of benzene rings is 2. The molecule has 3 rings (SSSR count). The monoisotopic (exact) mass is 371 g/mol. The summed E-state index contributed by atoms with van der Waals surface area (Å²) in [6.45, 7) is 2.03. The summed E-state index contributed by atoms with van der Waals surface area (Å²) in [4.78, 5) is 19.9. The van der Waals surface area contributed by atoms with Gasteiger partial charge in [-0.3, -0.25) is 4.79 Å². The van der Waals surface area contributed by atoms with Gasteiger partial charge >= 0.3 is 6.18 Å². The molecule has 1 heterocycles. The highest BCUT2D eigenvalue weighted by Gasteiger charge is 2.38. The van der Waals surface area contributed by atoms with Crippen molar-refractivity contribution in [1.29, 1.82) is 0 Å². The Morgan fingerprint density at radius 3 is 2.33 bits per heavy atom. The first-order chi connectivity index (χ1) is 12.8. The van der Waals surface area contributed by atoms with Crippen molar-refractivity contribution >= 4 is 5.91 Å². The lowest BCUT2D eigenvalue weighted by Gasteiger charge is -2.13. The van der Waals surface area contributed by atoms with Crippen LogP contribution >= 0.6 is 0 Å². The molecule has 138 valence electrons. The van der Waals surface area contributed by atoms with E-state index in [1.54, 1.807) is 42.5 Å². The number of nitrogens with one attached hydrogen (secondary N) is 1. The van der Waals surface area contributed by atoms with Crippen LogP contribution < -0.4 is 5.32 Å². The molecule has 1 N–H and O–H groups in total. The molecule has 0 saturated carbocycles. The fourth-order valence-corrected chi connectivity index (χ4v) is 2.47. The Hall–Kier alpha value is -3.22. The molecule has 27 heavy (non-hydrogen) atoms. The lowest BCUT2D eigenvalue weighted by Crippen LogP contribution is -2.27. The van der Waals surface area contributed by atoms with Gasteiger partial charge in [0.2, 0.25) is 0 Å². The summed E-state index contributed by atoms with van der Waals surface area (Å²) in [5.41, 5.74) is 0.417. The van der Waals surface area contributed by atoms with E-state index in [2.05, 4.69) is 15.3 Å². The van der Waals surface area contributed by atoms with Crippen LogP contribution in [0.15, 0.2) is 60.8 Å². The van der Waals surface area contributed by atoms with Gasteiger partial charge in [-0.25, -0.2) is 9.97 Å². The second-order valence-electron chi connectivity index (χ2n) is 5.99. The van der Waals surface area contributed by atoms with Gasteiger partial charge in [0.05, 0.1) is 5.56 Å². The Bertz CT molecular complexity index is 939. The minimum Gasteiger partial charge on any atom is -0.348 e. The number of hydrogen-bond donors (Lipinski definition) is 1. The number of rotatable bonds is 4. The van der Waals surface area contributed by atoms with Crippen LogP contribution in [0.3, 0.4) is 0 Å². The standard InChI is InChI=1S/C20H16F3N3O/c1-13-7-9-14(10-8-13)11-25-19(27)16-12-24-18(15-5-3-2-4-6-15)26-17(16)20(21,22)23/h2-10,12H,11H2,1H3,(H,25,27). The molecular formula is C20H16F3N3O. The van der Waals surface area contributed by atoms with E-state index in [1.165, 1.54) is 0 Å². The fourth-order valence-electron chi connectivity index (χ4n) is 2.47. The van der Waals surface area contributed by atoms with Crippen molar-refractivity contribution in [3.63, 3.8) is 0 Å². The van der Waals surface area contributed by atoms with Gasteiger partial charge in [0, 0.05) is 18.3 Å². The summed E-state index contributed by atoms with van der Waals surface area (Å²) in [6, 6.07) is 15.6. The van der Waals surface area contributed by atoms with Crippen molar-refractivity contribution in [2.24, 2.45) is 0 Å². The zero-order valence-electron chi connectivity index (χ0n) is 14.4. The van der Waals surface area contributed by atoms with Gasteiger partial charge in [0.1, 0.15) is 0 Å². The molecule has 0 aliphatic heterocycles. The molecule has 0 aliphatic rings. The number of nitrogens with zero attached hydrogens (tertiary/aromatic N) is 2. The van der Waals surface area contributed by atoms with E-state index in [-0.39, 0.29) is 12.4 Å². The van der Waals surface area contributed by atoms with E-state index in [1.807, 2.05) is 19.1 Å². The highest BCUT2D eigenvalue weighted by Crippen LogP contribution is 2.31. The zero-order chi connectivity index (χ0) is 19.4. The van der Waals surface area contributed by atoms with Crippen LogP contribution in [0, 0.1) is 6.92 Å². The molecule has 0 spiro atoms. The van der Waals surface area contributed by atoms with E-state index in [0.717, 1.165) is 17.3 Å². The number of aryl methyl sites for hydroxylation is 1. The summed E-state index contributed by atoms with van der Waals surface area (Å²) < 4.78 is 40.3. The summed E-state index contributed by atoms with van der Waals surface area (Å²) in [7, 11) is 0. The third kappa shape index (κ3) is 4.49. The van der Waals surface area contributed by atoms with Crippen molar-refractivity contribution in [3.05, 3.63) is 83.2 Å². The van der Waals surface area contributed by atoms with Crippen LogP contribution in [0.5, 0.6) is 0 Å². The van der Waals surface area contributed by atoms with Crippen LogP contribution in [0.25, 0.3) is 11.4 Å². The van der Waals surface area contributed by atoms with Crippen LogP contribution in [-0.4, -0.2) is 15.9 Å². The molecule has 7 heteroatoms. The average Bonchev–Trinajstić information content (AvgIpc) is 2.67. The summed E-state index contributed by atoms with van der Waals surface area (Å²) >= 11 is 0. The lowest BCUT2D eigenvalue weighted by molar-refractivity contribution is -0.141. The van der Waals surface area contributed by atoms with E-state index in [9.17, 15) is 18.0 Å². The highest BCUT2D eigenvalue weighted by molar-refractivity contribution is 5.95. The van der Waals surface area contributed by atoms with Gasteiger partial charge in [0.25, 0.3) is 5.91 Å². The predicted octanol–water partition coefficient (Wildman–Crippen LogP) is 4.40. The molecule has 2 aromatic carbocycles. The van der Waals surface area contributed by atoms with Crippen LogP contribution in [0.4, 0.5) is 13.2 Å². The van der Waals surface area contributed by atoms with E-state index < -0.39 is 23.3 Å². The van der Waals surface area contributed by atoms with E-state index in [0.29, 0.717) is 5.56 Å². The molecular weight excluding hydrogens is 355 g/mol. The highest BCUT2D eigenvalue weighted by atomic mass is 19.4. The summed E-state index contributed by atoms with van der Waals surface area (Å²) in [5.74, 6) is -0.958. The maximum absolute atomic E-state index is 13.4. The van der Waals surface area contributed by atoms with Gasteiger partial charge in [-0.2, -0.15) is 13.2 Å². The number of hydrogen-bond acceptors (Lipinski definition) is 3. The minimum atomic E-state index is -4.77. The largest absolute Gasteiger partial charge is 0.434 e. The normalized spacial score (nSPS) is 11.3. The fraction of sp³-hybridized carbons (Fsp3) is 0.150. The Labute approximate surface area is 154 Å². The topological polar surface area (TPSA) is 54.9 Å². The maximum Gasteiger partial charge on any atom is 0.434 e. The molecule has 0 aliphatic carbocycles. The van der Waals surface area contributed by atoms with E-state index in [4.69, 9.17) is 0 Å². The Kier molecular flexibility index (Phi) is 5.21. The molecule has 0 atom stereocenters. The maximum atomic E-state index is 13.4. The average molecular weight is 371 g/mol. The number of carbonyl (C=O) groups is 1. The molecule has 1 aromatic heterocycles. The molecule has 0 radical (unpaired) electrons.